The molecule has 0 saturated heterocycles. The van der Waals surface area contributed by atoms with Gasteiger partial charge in [-0.05, 0) is 26.2 Å². The van der Waals surface area contributed by atoms with Gasteiger partial charge < -0.3 is 0 Å². The highest BCUT2D eigenvalue weighted by molar-refractivity contribution is 7.98. The molecule has 0 aliphatic rings. The maximum atomic E-state index is 13.4. The number of pyridine rings is 1. The SMILES string of the molecule is CCN(C(=O)C(C)(C)CSC)n1cc(-c2cncc(F)c2)nc1C. The first-order valence-corrected chi connectivity index (χ1v) is 9.17. The number of halogens is 1. The fourth-order valence-electron chi connectivity index (χ4n) is 2.56. The minimum Gasteiger partial charge on any atom is -0.272 e. The lowest BCUT2D eigenvalue weighted by Crippen LogP contribution is -2.48. The molecule has 7 heteroatoms. The van der Waals surface area contributed by atoms with Gasteiger partial charge in [-0.3, -0.25) is 9.78 Å². The normalized spacial score (nSPS) is 11.6. The molecule has 0 bridgehead atoms. The van der Waals surface area contributed by atoms with Gasteiger partial charge in [-0.2, -0.15) is 11.8 Å². The Hall–Kier alpha value is -1.89. The molecule has 0 aromatic carbocycles. The summed E-state index contributed by atoms with van der Waals surface area (Å²) in [5, 5.41) is 1.68. The van der Waals surface area contributed by atoms with E-state index in [1.165, 1.54) is 6.07 Å². The maximum absolute atomic E-state index is 13.4. The van der Waals surface area contributed by atoms with Crippen LogP contribution in [-0.2, 0) is 4.79 Å². The maximum Gasteiger partial charge on any atom is 0.247 e. The van der Waals surface area contributed by atoms with Crippen molar-refractivity contribution in [3.63, 3.8) is 0 Å². The van der Waals surface area contributed by atoms with Crippen LogP contribution in [0.15, 0.2) is 24.7 Å². The monoisotopic (exact) mass is 350 g/mol. The van der Waals surface area contributed by atoms with Gasteiger partial charge in [0.15, 0.2) is 0 Å². The third kappa shape index (κ3) is 3.77. The first-order valence-electron chi connectivity index (χ1n) is 7.78. The van der Waals surface area contributed by atoms with Crippen LogP contribution < -0.4 is 5.01 Å². The first kappa shape index (κ1) is 18.4. The van der Waals surface area contributed by atoms with E-state index < -0.39 is 11.2 Å². The number of aryl methyl sites for hydroxylation is 1. The Morgan fingerprint density at radius 1 is 1.42 bits per heavy atom. The quantitative estimate of drug-likeness (QED) is 0.802. The van der Waals surface area contributed by atoms with Gasteiger partial charge >= 0.3 is 0 Å². The van der Waals surface area contributed by atoms with E-state index in [-0.39, 0.29) is 5.91 Å². The Morgan fingerprint density at radius 2 is 2.12 bits per heavy atom. The van der Waals surface area contributed by atoms with Gasteiger partial charge in [0, 0.05) is 24.1 Å². The van der Waals surface area contributed by atoms with Gasteiger partial charge in [-0.15, -0.1) is 0 Å². The van der Waals surface area contributed by atoms with Gasteiger partial charge in [0.2, 0.25) is 5.91 Å². The number of hydrogen-bond donors (Lipinski definition) is 0. The molecule has 0 atom stereocenters. The lowest BCUT2D eigenvalue weighted by Gasteiger charge is -2.31. The molecule has 0 fully saturated rings. The Labute approximate surface area is 146 Å². The van der Waals surface area contributed by atoms with Crippen molar-refractivity contribution >= 4 is 17.7 Å². The highest BCUT2D eigenvalue weighted by atomic mass is 32.2. The molecule has 0 aliphatic carbocycles. The summed E-state index contributed by atoms with van der Waals surface area (Å²) in [5.41, 5.74) is 0.698. The van der Waals surface area contributed by atoms with Crippen LogP contribution in [0, 0.1) is 18.2 Å². The number of imidazole rings is 1. The first-order chi connectivity index (χ1) is 11.3. The Bertz CT molecular complexity index is 729. The molecule has 0 saturated carbocycles. The third-order valence-corrected chi connectivity index (χ3v) is 4.75. The highest BCUT2D eigenvalue weighted by Crippen LogP contribution is 2.25. The molecule has 2 heterocycles. The number of carbonyl (C=O) groups excluding carboxylic acids is 1. The average Bonchev–Trinajstić information content (AvgIpc) is 2.90. The summed E-state index contributed by atoms with van der Waals surface area (Å²) in [4.78, 5) is 21.2. The highest BCUT2D eigenvalue weighted by Gasteiger charge is 2.32. The standard InChI is InChI=1S/C17H23FN4OS/c1-6-21(16(23)17(3,4)11-24-5)22-10-15(20-12(22)2)13-7-14(18)9-19-8-13/h7-10H,6,11H2,1-5H3. The van der Waals surface area contributed by atoms with Crippen LogP contribution >= 0.6 is 11.8 Å². The largest absolute Gasteiger partial charge is 0.272 e. The molecule has 0 radical (unpaired) electrons. The zero-order valence-electron chi connectivity index (χ0n) is 14.7. The summed E-state index contributed by atoms with van der Waals surface area (Å²) < 4.78 is 15.1. The van der Waals surface area contributed by atoms with E-state index in [4.69, 9.17) is 0 Å². The summed E-state index contributed by atoms with van der Waals surface area (Å²) >= 11 is 1.65. The van der Waals surface area contributed by atoms with Gasteiger partial charge in [-0.25, -0.2) is 19.1 Å². The molecule has 0 aliphatic heterocycles. The Morgan fingerprint density at radius 3 is 2.71 bits per heavy atom. The van der Waals surface area contributed by atoms with E-state index in [1.54, 1.807) is 33.8 Å². The van der Waals surface area contributed by atoms with E-state index in [0.29, 0.717) is 23.6 Å². The second kappa shape index (κ2) is 7.34. The minimum atomic E-state index is -0.479. The molecule has 2 aromatic rings. The fourth-order valence-corrected chi connectivity index (χ4v) is 3.41. The van der Waals surface area contributed by atoms with Crippen molar-refractivity contribution in [1.29, 1.82) is 0 Å². The van der Waals surface area contributed by atoms with E-state index in [0.717, 1.165) is 11.9 Å². The summed E-state index contributed by atoms with van der Waals surface area (Å²) in [5.74, 6) is 1.02. The number of nitrogens with zero attached hydrogens (tertiary/aromatic N) is 4. The number of rotatable bonds is 6. The van der Waals surface area contributed by atoms with Crippen LogP contribution in [0.4, 0.5) is 4.39 Å². The molecule has 130 valence electrons. The summed E-state index contributed by atoms with van der Waals surface area (Å²) in [6.07, 6.45) is 6.45. The average molecular weight is 350 g/mol. The smallest absolute Gasteiger partial charge is 0.247 e. The van der Waals surface area contributed by atoms with Crippen molar-refractivity contribution in [1.82, 2.24) is 14.6 Å². The van der Waals surface area contributed by atoms with Crippen molar-refractivity contribution in [2.75, 3.05) is 23.6 Å². The third-order valence-electron chi connectivity index (χ3n) is 3.74. The van der Waals surface area contributed by atoms with Gasteiger partial charge in [0.1, 0.15) is 11.6 Å². The summed E-state index contributed by atoms with van der Waals surface area (Å²) in [6, 6.07) is 1.38. The second-order valence-electron chi connectivity index (χ2n) is 6.25. The minimum absolute atomic E-state index is 0.0313. The predicted octanol–water partition coefficient (Wildman–Crippen LogP) is 3.27. The van der Waals surface area contributed by atoms with Gasteiger partial charge in [0.25, 0.3) is 0 Å². The number of hydrogen-bond acceptors (Lipinski definition) is 4. The van der Waals surface area contributed by atoms with E-state index in [9.17, 15) is 9.18 Å². The fraction of sp³-hybridized carbons (Fsp3) is 0.471. The van der Waals surface area contributed by atoms with Crippen LogP contribution in [0.3, 0.4) is 0 Å². The molecule has 0 unspecified atom stereocenters. The molecular weight excluding hydrogens is 327 g/mol. The van der Waals surface area contributed by atoms with E-state index in [2.05, 4.69) is 9.97 Å². The molecule has 0 N–H and O–H groups in total. The Balaban J connectivity index is 2.38. The van der Waals surface area contributed by atoms with Crippen molar-refractivity contribution in [3.05, 3.63) is 36.3 Å². The topological polar surface area (TPSA) is 51.0 Å². The molecule has 1 amide bonds. The Kier molecular flexibility index (Phi) is 5.64. The van der Waals surface area contributed by atoms with Crippen molar-refractivity contribution in [2.45, 2.75) is 27.7 Å². The molecular formula is C17H23FN4OS. The lowest BCUT2D eigenvalue weighted by molar-refractivity contribution is -0.127. The number of thioether (sulfide) groups is 1. The molecule has 0 spiro atoms. The van der Waals surface area contributed by atoms with E-state index >= 15 is 0 Å². The van der Waals surface area contributed by atoms with Crippen molar-refractivity contribution < 1.29 is 9.18 Å². The van der Waals surface area contributed by atoms with Crippen molar-refractivity contribution in [2.24, 2.45) is 5.41 Å². The zero-order chi connectivity index (χ0) is 17.9. The van der Waals surface area contributed by atoms with Crippen LogP contribution in [-0.4, -0.2) is 39.1 Å². The zero-order valence-corrected chi connectivity index (χ0v) is 15.5. The van der Waals surface area contributed by atoms with Crippen LogP contribution in [0.25, 0.3) is 11.3 Å². The van der Waals surface area contributed by atoms with Gasteiger partial charge in [0.05, 0.1) is 23.5 Å². The lowest BCUT2D eigenvalue weighted by atomic mass is 9.95. The van der Waals surface area contributed by atoms with Crippen LogP contribution in [0.1, 0.15) is 26.6 Å². The van der Waals surface area contributed by atoms with Gasteiger partial charge in [-0.1, -0.05) is 13.8 Å². The van der Waals surface area contributed by atoms with E-state index in [1.807, 2.05) is 34.0 Å². The molecule has 24 heavy (non-hydrogen) atoms. The predicted molar refractivity (Wildman–Crippen MR) is 96.1 cm³/mol. The molecule has 2 rings (SSSR count). The molecule has 2 aromatic heterocycles. The summed E-state index contributed by atoms with van der Waals surface area (Å²) in [6.45, 7) is 8.16. The number of amides is 1. The second-order valence-corrected chi connectivity index (χ2v) is 7.11. The molecule has 5 nitrogen and oxygen atoms in total. The van der Waals surface area contributed by atoms with Crippen LogP contribution in [0.2, 0.25) is 0 Å². The number of carbonyl (C=O) groups is 1. The number of aromatic nitrogens is 3. The summed E-state index contributed by atoms with van der Waals surface area (Å²) in [7, 11) is 0. The van der Waals surface area contributed by atoms with Crippen LogP contribution in [0.5, 0.6) is 0 Å². The van der Waals surface area contributed by atoms with Crippen molar-refractivity contribution in [3.8, 4) is 11.3 Å².